The summed E-state index contributed by atoms with van der Waals surface area (Å²) < 4.78 is 0. The maximum Gasteiger partial charge on any atom is 0.0713 e. The van der Waals surface area contributed by atoms with Crippen LogP contribution in [-0.4, -0.2) is 0 Å². The van der Waals surface area contributed by atoms with Crippen LogP contribution in [0.2, 0.25) is 0 Å². The SMILES string of the molecule is C=C/C=C\C(=C/C=C)C1(C(/C=C\C)=C/C=C)c2ccccc2-c2ccccc21.C=CC.CC.CC.CC. The highest BCUT2D eigenvalue weighted by atomic mass is 14.5. The average Bonchev–Trinajstić information content (AvgIpc) is 3.26. The molecule has 0 heteroatoms. The van der Waals surface area contributed by atoms with Gasteiger partial charge in [0.2, 0.25) is 0 Å². The molecule has 2 aromatic rings. The second-order valence-corrected chi connectivity index (χ2v) is 7.06. The van der Waals surface area contributed by atoms with Crippen molar-refractivity contribution >= 4 is 0 Å². The van der Waals surface area contributed by atoms with Crippen molar-refractivity contribution in [2.24, 2.45) is 0 Å². The first-order valence-corrected chi connectivity index (χ1v) is 13.5. The van der Waals surface area contributed by atoms with Crippen LogP contribution in [0.5, 0.6) is 0 Å². The van der Waals surface area contributed by atoms with Crippen molar-refractivity contribution in [2.45, 2.75) is 60.8 Å². The fourth-order valence-corrected chi connectivity index (χ4v) is 4.24. The Hall–Kier alpha value is -3.64. The van der Waals surface area contributed by atoms with E-state index in [2.05, 4.69) is 105 Å². The van der Waals surface area contributed by atoms with E-state index < -0.39 is 5.41 Å². The Morgan fingerprint density at radius 3 is 1.32 bits per heavy atom. The second kappa shape index (κ2) is 21.6. The molecule has 2 aromatic carbocycles. The highest BCUT2D eigenvalue weighted by molar-refractivity contribution is 5.87. The topological polar surface area (TPSA) is 0 Å². The normalized spacial score (nSPS) is 12.5. The Balaban J connectivity index is 0. The molecule has 0 radical (unpaired) electrons. The maximum atomic E-state index is 3.98. The minimum Gasteiger partial charge on any atom is -0.103 e. The number of benzene rings is 2. The third kappa shape index (κ3) is 8.46. The summed E-state index contributed by atoms with van der Waals surface area (Å²) in [6.07, 6.45) is 19.9. The van der Waals surface area contributed by atoms with Crippen LogP contribution in [-0.2, 0) is 5.41 Å². The lowest BCUT2D eigenvalue weighted by Crippen LogP contribution is -2.29. The predicted octanol–water partition coefficient (Wildman–Crippen LogP) is 11.8. The molecule has 0 N–H and O–H groups in total. The van der Waals surface area contributed by atoms with Gasteiger partial charge in [-0.2, -0.15) is 0 Å². The van der Waals surface area contributed by atoms with Gasteiger partial charge in [-0.05, 0) is 47.2 Å². The van der Waals surface area contributed by atoms with Gasteiger partial charge in [0.15, 0.2) is 0 Å². The molecule has 0 heterocycles. The first-order valence-electron chi connectivity index (χ1n) is 13.5. The fourth-order valence-electron chi connectivity index (χ4n) is 4.24. The minimum absolute atomic E-state index is 0.443. The third-order valence-electron chi connectivity index (χ3n) is 5.17. The number of fused-ring (bicyclic) bond motifs is 3. The van der Waals surface area contributed by atoms with Crippen LogP contribution in [0.4, 0.5) is 0 Å². The van der Waals surface area contributed by atoms with E-state index in [-0.39, 0.29) is 0 Å². The van der Waals surface area contributed by atoms with Gasteiger partial charge in [-0.25, -0.2) is 0 Å². The van der Waals surface area contributed by atoms with E-state index in [4.69, 9.17) is 0 Å². The Morgan fingerprint density at radius 1 is 0.595 bits per heavy atom. The number of allylic oxidation sites excluding steroid dienone is 12. The molecule has 0 aliphatic heterocycles. The van der Waals surface area contributed by atoms with Gasteiger partial charge < -0.3 is 0 Å². The van der Waals surface area contributed by atoms with Gasteiger partial charge in [-0.3, -0.25) is 0 Å². The Labute approximate surface area is 229 Å². The molecule has 37 heavy (non-hydrogen) atoms. The number of rotatable bonds is 7. The van der Waals surface area contributed by atoms with Crippen molar-refractivity contribution in [1.29, 1.82) is 0 Å². The second-order valence-electron chi connectivity index (χ2n) is 7.06. The first-order chi connectivity index (χ1) is 18.2. The van der Waals surface area contributed by atoms with Gasteiger partial charge in [0.05, 0.1) is 5.41 Å². The molecule has 1 aliphatic carbocycles. The molecule has 0 saturated heterocycles. The van der Waals surface area contributed by atoms with Crippen molar-refractivity contribution in [3.8, 4) is 11.1 Å². The zero-order valence-corrected chi connectivity index (χ0v) is 24.7. The van der Waals surface area contributed by atoms with Crippen LogP contribution in [0.1, 0.15) is 66.5 Å². The molecule has 0 bridgehead atoms. The van der Waals surface area contributed by atoms with Crippen molar-refractivity contribution in [3.05, 3.63) is 158 Å². The first kappa shape index (κ1) is 35.5. The van der Waals surface area contributed by atoms with E-state index in [1.165, 1.54) is 27.8 Å². The van der Waals surface area contributed by atoms with E-state index in [0.717, 1.165) is 5.57 Å². The summed E-state index contributed by atoms with van der Waals surface area (Å²) in [4.78, 5) is 0. The summed E-state index contributed by atoms with van der Waals surface area (Å²) in [6.45, 7) is 31.1. The molecule has 0 unspecified atom stereocenters. The van der Waals surface area contributed by atoms with E-state index in [1.54, 1.807) is 6.08 Å². The van der Waals surface area contributed by atoms with E-state index in [9.17, 15) is 0 Å². The summed E-state index contributed by atoms with van der Waals surface area (Å²) in [5, 5.41) is 0. The molecule has 0 nitrogen and oxygen atoms in total. The van der Waals surface area contributed by atoms with Gasteiger partial charge in [0, 0.05) is 0 Å². The van der Waals surface area contributed by atoms with E-state index >= 15 is 0 Å². The lowest BCUT2D eigenvalue weighted by atomic mass is 9.66. The molecular formula is C37H50. The lowest BCUT2D eigenvalue weighted by molar-refractivity contribution is 0.765. The highest BCUT2D eigenvalue weighted by Gasteiger charge is 2.46. The molecule has 3 rings (SSSR count). The number of hydrogen-bond donors (Lipinski definition) is 0. The molecule has 0 atom stereocenters. The van der Waals surface area contributed by atoms with Crippen LogP contribution in [0.25, 0.3) is 11.1 Å². The molecular weight excluding hydrogens is 444 g/mol. The van der Waals surface area contributed by atoms with Gasteiger partial charge >= 0.3 is 0 Å². The molecule has 1 aliphatic rings. The van der Waals surface area contributed by atoms with E-state index in [0.29, 0.717) is 0 Å². The zero-order valence-electron chi connectivity index (χ0n) is 24.7. The number of hydrogen-bond acceptors (Lipinski definition) is 0. The minimum atomic E-state index is -0.443. The van der Waals surface area contributed by atoms with Gasteiger partial charge in [0.1, 0.15) is 0 Å². The molecule has 0 saturated carbocycles. The van der Waals surface area contributed by atoms with Crippen LogP contribution in [0, 0.1) is 0 Å². The third-order valence-corrected chi connectivity index (χ3v) is 5.17. The fraction of sp³-hybridized carbons (Fsp3) is 0.243. The largest absolute Gasteiger partial charge is 0.103 e. The van der Waals surface area contributed by atoms with Crippen molar-refractivity contribution in [2.75, 3.05) is 0 Å². The average molecular weight is 495 g/mol. The van der Waals surface area contributed by atoms with Crippen LogP contribution in [0.3, 0.4) is 0 Å². The standard InChI is InChI=1S/C28H26.C3H6.3C2H6/c1-5-9-17-23(16-8-4)28(22(14-6-2)15-7-3)26-20-12-10-18-24(26)25-19-11-13-21-27(25)28;1-3-2;3*1-2/h5-21H,1-2,4H2,3H3;3H,1H2,2H3;3*1-2H3/b15-7-,17-9-,22-14+,23-16+;;;;. The molecule has 0 aromatic heterocycles. The van der Waals surface area contributed by atoms with Crippen LogP contribution in [0.15, 0.2) is 147 Å². The Morgan fingerprint density at radius 2 is 0.973 bits per heavy atom. The predicted molar refractivity (Wildman–Crippen MR) is 173 cm³/mol. The molecule has 0 amide bonds. The van der Waals surface area contributed by atoms with Crippen molar-refractivity contribution in [1.82, 2.24) is 0 Å². The van der Waals surface area contributed by atoms with Crippen molar-refractivity contribution < 1.29 is 0 Å². The zero-order chi connectivity index (χ0) is 28.7. The highest BCUT2D eigenvalue weighted by Crippen LogP contribution is 2.57. The summed E-state index contributed by atoms with van der Waals surface area (Å²) >= 11 is 0. The molecule has 198 valence electrons. The van der Waals surface area contributed by atoms with Gasteiger partial charge in [-0.1, -0.05) is 171 Å². The monoisotopic (exact) mass is 494 g/mol. The van der Waals surface area contributed by atoms with Gasteiger partial charge in [-0.15, -0.1) is 6.58 Å². The summed E-state index contributed by atoms with van der Waals surface area (Å²) in [5.41, 5.74) is 6.93. The van der Waals surface area contributed by atoms with Crippen LogP contribution < -0.4 is 0 Å². The molecule has 0 spiro atoms. The Bertz CT molecular complexity index is 1020. The summed E-state index contributed by atoms with van der Waals surface area (Å²) in [5.74, 6) is 0. The van der Waals surface area contributed by atoms with Crippen molar-refractivity contribution in [3.63, 3.8) is 0 Å². The van der Waals surface area contributed by atoms with Gasteiger partial charge in [0.25, 0.3) is 0 Å². The summed E-state index contributed by atoms with van der Waals surface area (Å²) in [7, 11) is 0. The quantitative estimate of drug-likeness (QED) is 0.265. The lowest BCUT2D eigenvalue weighted by Gasteiger charge is -2.35. The Kier molecular flexibility index (Phi) is 20.8. The molecule has 0 fully saturated rings. The van der Waals surface area contributed by atoms with Crippen LogP contribution >= 0.6 is 0 Å². The smallest absolute Gasteiger partial charge is 0.0713 e. The maximum absolute atomic E-state index is 3.98. The summed E-state index contributed by atoms with van der Waals surface area (Å²) in [6, 6.07) is 17.3. The van der Waals surface area contributed by atoms with E-state index in [1.807, 2.05) is 79.7 Å².